The number of fused-ring (bicyclic) bond motifs is 1. The number of carboxylic acids is 1. The fraction of sp³-hybridized carbons (Fsp3) is 0.154. The Morgan fingerprint density at radius 2 is 2.10 bits per heavy atom. The molecule has 3 rings (SSSR count). The molecule has 0 fully saturated rings. The summed E-state index contributed by atoms with van der Waals surface area (Å²) in [6.45, 7) is 1.72. The summed E-state index contributed by atoms with van der Waals surface area (Å²) in [6.07, 6.45) is 0. The standard InChI is InChI=1S/C13H10N2O2S3/c1-7-11(12(16)17)20-13(14-7)18-6-10-15-8-4-2-3-5-9(8)19-10/h2-5H,6H2,1H3,(H,16,17). The van der Waals surface area contributed by atoms with Crippen molar-refractivity contribution in [3.05, 3.63) is 39.8 Å². The third kappa shape index (κ3) is 2.70. The molecule has 0 atom stereocenters. The van der Waals surface area contributed by atoms with Gasteiger partial charge in [0, 0.05) is 0 Å². The van der Waals surface area contributed by atoms with Crippen molar-refractivity contribution < 1.29 is 9.90 Å². The van der Waals surface area contributed by atoms with E-state index in [0.717, 1.165) is 14.9 Å². The van der Waals surface area contributed by atoms with Crippen LogP contribution in [0, 0.1) is 6.92 Å². The van der Waals surface area contributed by atoms with E-state index in [4.69, 9.17) is 5.11 Å². The van der Waals surface area contributed by atoms with Crippen molar-refractivity contribution in [3.63, 3.8) is 0 Å². The minimum Gasteiger partial charge on any atom is -0.477 e. The smallest absolute Gasteiger partial charge is 0.347 e. The zero-order chi connectivity index (χ0) is 14.1. The predicted octanol–water partition coefficient (Wildman–Crippen LogP) is 4.05. The van der Waals surface area contributed by atoms with Crippen LogP contribution < -0.4 is 0 Å². The van der Waals surface area contributed by atoms with E-state index in [1.807, 2.05) is 18.2 Å². The van der Waals surface area contributed by atoms with Crippen LogP contribution in [-0.2, 0) is 5.75 Å². The molecule has 20 heavy (non-hydrogen) atoms. The summed E-state index contributed by atoms with van der Waals surface area (Å²) in [4.78, 5) is 20.1. The molecule has 7 heteroatoms. The van der Waals surface area contributed by atoms with Crippen molar-refractivity contribution in [2.24, 2.45) is 0 Å². The lowest BCUT2D eigenvalue weighted by Crippen LogP contribution is -1.94. The largest absolute Gasteiger partial charge is 0.477 e. The van der Waals surface area contributed by atoms with E-state index in [-0.39, 0.29) is 0 Å². The van der Waals surface area contributed by atoms with Crippen LogP contribution in [0.25, 0.3) is 10.2 Å². The first kappa shape index (κ1) is 13.5. The lowest BCUT2D eigenvalue weighted by atomic mass is 10.3. The van der Waals surface area contributed by atoms with E-state index in [2.05, 4.69) is 16.0 Å². The summed E-state index contributed by atoms with van der Waals surface area (Å²) in [7, 11) is 0. The molecule has 0 aliphatic rings. The highest BCUT2D eigenvalue weighted by Crippen LogP contribution is 2.32. The van der Waals surface area contributed by atoms with Crippen molar-refractivity contribution >= 4 is 50.6 Å². The Hall–Kier alpha value is -1.44. The summed E-state index contributed by atoms with van der Waals surface area (Å²) in [5, 5.41) is 10.0. The molecular weight excluding hydrogens is 312 g/mol. The topological polar surface area (TPSA) is 63.1 Å². The van der Waals surface area contributed by atoms with Gasteiger partial charge in [-0.05, 0) is 19.1 Å². The number of para-hydroxylation sites is 1. The number of nitrogens with zero attached hydrogens (tertiary/aromatic N) is 2. The molecule has 0 saturated heterocycles. The molecule has 0 radical (unpaired) electrons. The molecule has 2 aromatic heterocycles. The number of carbonyl (C=O) groups is 1. The van der Waals surface area contributed by atoms with Crippen LogP contribution in [0.1, 0.15) is 20.4 Å². The van der Waals surface area contributed by atoms with E-state index >= 15 is 0 Å². The maximum absolute atomic E-state index is 11.0. The van der Waals surface area contributed by atoms with Gasteiger partial charge in [-0.3, -0.25) is 0 Å². The molecule has 0 unspecified atom stereocenters. The van der Waals surface area contributed by atoms with Crippen LogP contribution >= 0.6 is 34.4 Å². The van der Waals surface area contributed by atoms with E-state index in [1.165, 1.54) is 27.8 Å². The minimum atomic E-state index is -0.910. The lowest BCUT2D eigenvalue weighted by Gasteiger charge is -1.91. The molecular formula is C13H10N2O2S3. The van der Waals surface area contributed by atoms with Gasteiger partial charge in [0.05, 0.1) is 21.7 Å². The fourth-order valence-electron chi connectivity index (χ4n) is 1.74. The number of aryl methyl sites for hydroxylation is 1. The van der Waals surface area contributed by atoms with Crippen LogP contribution in [0.4, 0.5) is 0 Å². The molecule has 0 bridgehead atoms. The Morgan fingerprint density at radius 3 is 2.80 bits per heavy atom. The molecule has 0 amide bonds. The first-order valence-electron chi connectivity index (χ1n) is 5.81. The molecule has 0 aliphatic carbocycles. The highest BCUT2D eigenvalue weighted by atomic mass is 32.2. The van der Waals surface area contributed by atoms with Crippen molar-refractivity contribution in [1.82, 2.24) is 9.97 Å². The summed E-state index contributed by atoms with van der Waals surface area (Å²) in [5.41, 5.74) is 1.59. The Balaban J connectivity index is 1.76. The normalized spacial score (nSPS) is 11.1. The number of thiazole rings is 2. The molecule has 0 saturated carbocycles. The van der Waals surface area contributed by atoms with Gasteiger partial charge >= 0.3 is 5.97 Å². The summed E-state index contributed by atoms with van der Waals surface area (Å²) in [5.74, 6) is -0.197. The number of hydrogen-bond acceptors (Lipinski definition) is 6. The van der Waals surface area contributed by atoms with Crippen molar-refractivity contribution in [1.29, 1.82) is 0 Å². The van der Waals surface area contributed by atoms with Gasteiger partial charge < -0.3 is 5.11 Å². The number of benzene rings is 1. The minimum absolute atomic E-state index is 0.316. The lowest BCUT2D eigenvalue weighted by molar-refractivity contribution is 0.0701. The van der Waals surface area contributed by atoms with Gasteiger partial charge in [-0.2, -0.15) is 0 Å². The number of aromatic nitrogens is 2. The van der Waals surface area contributed by atoms with Crippen molar-refractivity contribution in [3.8, 4) is 0 Å². The third-order valence-electron chi connectivity index (χ3n) is 2.63. The molecule has 0 spiro atoms. The number of thioether (sulfide) groups is 1. The van der Waals surface area contributed by atoms with E-state index in [9.17, 15) is 4.79 Å². The second kappa shape index (κ2) is 5.51. The number of hydrogen-bond donors (Lipinski definition) is 1. The SMILES string of the molecule is Cc1nc(SCc2nc3ccccc3s2)sc1C(=O)O. The van der Waals surface area contributed by atoms with E-state index in [1.54, 1.807) is 18.3 Å². The Morgan fingerprint density at radius 1 is 1.30 bits per heavy atom. The predicted molar refractivity (Wildman–Crippen MR) is 83.0 cm³/mol. The summed E-state index contributed by atoms with van der Waals surface area (Å²) < 4.78 is 1.95. The fourth-order valence-corrected chi connectivity index (χ4v) is 4.73. The van der Waals surface area contributed by atoms with Crippen LogP contribution in [0.5, 0.6) is 0 Å². The Labute approximate surface area is 127 Å². The van der Waals surface area contributed by atoms with Gasteiger partial charge in [0.1, 0.15) is 9.88 Å². The zero-order valence-corrected chi connectivity index (χ0v) is 12.9. The summed E-state index contributed by atoms with van der Waals surface area (Å²) >= 11 is 4.42. The Bertz CT molecular complexity index is 746. The average Bonchev–Trinajstić information content (AvgIpc) is 2.99. The molecule has 3 aromatic rings. The molecule has 0 aliphatic heterocycles. The van der Waals surface area contributed by atoms with Crippen LogP contribution in [0.3, 0.4) is 0 Å². The second-order valence-corrected chi connectivity index (χ2v) is 7.40. The average molecular weight is 322 g/mol. The van der Waals surface area contributed by atoms with E-state index < -0.39 is 5.97 Å². The zero-order valence-electron chi connectivity index (χ0n) is 10.5. The number of carboxylic acid groups (broad SMARTS) is 1. The third-order valence-corrected chi connectivity index (χ3v) is 6.15. The second-order valence-electron chi connectivity index (χ2n) is 4.06. The van der Waals surface area contributed by atoms with Gasteiger partial charge in [0.15, 0.2) is 4.34 Å². The number of aromatic carboxylic acids is 1. The maximum Gasteiger partial charge on any atom is 0.347 e. The van der Waals surface area contributed by atoms with Crippen LogP contribution in [0.2, 0.25) is 0 Å². The van der Waals surface area contributed by atoms with Crippen LogP contribution in [0.15, 0.2) is 28.6 Å². The van der Waals surface area contributed by atoms with Gasteiger partial charge in [0.25, 0.3) is 0 Å². The maximum atomic E-state index is 11.0. The molecule has 1 N–H and O–H groups in total. The van der Waals surface area contributed by atoms with Gasteiger partial charge in [-0.1, -0.05) is 23.9 Å². The molecule has 1 aromatic carbocycles. The highest BCUT2D eigenvalue weighted by molar-refractivity contribution is 8.00. The van der Waals surface area contributed by atoms with Crippen molar-refractivity contribution in [2.75, 3.05) is 0 Å². The van der Waals surface area contributed by atoms with E-state index in [0.29, 0.717) is 16.3 Å². The van der Waals surface area contributed by atoms with Gasteiger partial charge in [-0.15, -0.1) is 22.7 Å². The van der Waals surface area contributed by atoms with Crippen molar-refractivity contribution in [2.45, 2.75) is 17.0 Å². The van der Waals surface area contributed by atoms with Gasteiger partial charge in [0.2, 0.25) is 0 Å². The first-order chi connectivity index (χ1) is 9.63. The Kier molecular flexibility index (Phi) is 3.73. The molecule has 2 heterocycles. The highest BCUT2D eigenvalue weighted by Gasteiger charge is 2.14. The summed E-state index contributed by atoms with van der Waals surface area (Å²) in [6, 6.07) is 8.02. The van der Waals surface area contributed by atoms with Gasteiger partial charge in [-0.25, -0.2) is 14.8 Å². The first-order valence-corrected chi connectivity index (χ1v) is 8.43. The monoisotopic (exact) mass is 322 g/mol. The van der Waals surface area contributed by atoms with Crippen LogP contribution in [-0.4, -0.2) is 21.0 Å². The molecule has 102 valence electrons. The number of rotatable bonds is 4. The quantitative estimate of drug-likeness (QED) is 0.734. The molecule has 4 nitrogen and oxygen atoms in total.